The van der Waals surface area contributed by atoms with Crippen LogP contribution in [0, 0.1) is 11.8 Å². The number of rotatable bonds is 10. The van der Waals surface area contributed by atoms with E-state index < -0.39 is 23.8 Å². The molecule has 2 aromatic carbocycles. The molecule has 8 heteroatoms. The van der Waals surface area contributed by atoms with Crippen molar-refractivity contribution in [2.24, 2.45) is 11.8 Å². The molecule has 0 aliphatic carbocycles. The summed E-state index contributed by atoms with van der Waals surface area (Å²) in [4.78, 5) is 25.4. The van der Waals surface area contributed by atoms with Crippen molar-refractivity contribution in [3.05, 3.63) is 68.6 Å². The smallest absolute Gasteiger partial charge is 0.338 e. The molecule has 1 aliphatic rings. The molecule has 1 heterocycles. The molecule has 1 fully saturated rings. The van der Waals surface area contributed by atoms with E-state index >= 15 is 0 Å². The molecule has 0 N–H and O–H groups in total. The molecule has 0 spiro atoms. The molecule has 2 aromatic rings. The standard InChI is InChI=1S/C26H30Br2O6/c1-4-26(32-13-14-33-26)18(3)15-17(2)23(34-25(30)20-7-11-22(28)12-8-20)16-31-24(29)19-5-9-21(27)10-6-19/h5-12,17-18,23H,4,13-16H2,1-3H3/t17-,18+,23-/m1/s1. The van der Waals surface area contributed by atoms with Gasteiger partial charge < -0.3 is 18.9 Å². The van der Waals surface area contributed by atoms with Gasteiger partial charge in [-0.2, -0.15) is 0 Å². The number of halogens is 2. The van der Waals surface area contributed by atoms with Gasteiger partial charge in [0.05, 0.1) is 24.3 Å². The third-order valence-corrected chi connectivity index (χ3v) is 7.23. The van der Waals surface area contributed by atoms with Crippen molar-refractivity contribution in [1.29, 1.82) is 0 Å². The number of benzene rings is 2. The molecule has 3 rings (SSSR count). The maximum absolute atomic E-state index is 12.9. The van der Waals surface area contributed by atoms with Crippen LogP contribution in [0.1, 0.15) is 54.3 Å². The third-order valence-electron chi connectivity index (χ3n) is 6.18. The van der Waals surface area contributed by atoms with Crippen molar-refractivity contribution >= 4 is 43.8 Å². The molecule has 34 heavy (non-hydrogen) atoms. The minimum absolute atomic E-state index is 0.0497. The number of hydrogen-bond acceptors (Lipinski definition) is 6. The van der Waals surface area contributed by atoms with Gasteiger partial charge in [-0.1, -0.05) is 52.6 Å². The van der Waals surface area contributed by atoms with Crippen molar-refractivity contribution in [3.63, 3.8) is 0 Å². The molecule has 1 saturated heterocycles. The highest BCUT2D eigenvalue weighted by Gasteiger charge is 2.42. The Morgan fingerprint density at radius 1 is 0.912 bits per heavy atom. The Morgan fingerprint density at radius 3 is 1.91 bits per heavy atom. The molecule has 0 saturated carbocycles. The molecule has 0 amide bonds. The van der Waals surface area contributed by atoms with E-state index in [1.54, 1.807) is 48.5 Å². The minimum Gasteiger partial charge on any atom is -0.458 e. The predicted octanol–water partition coefficient (Wildman–Crippen LogP) is 6.41. The largest absolute Gasteiger partial charge is 0.458 e. The zero-order valence-corrected chi connectivity index (χ0v) is 22.8. The summed E-state index contributed by atoms with van der Waals surface area (Å²) in [6, 6.07) is 13.9. The lowest BCUT2D eigenvalue weighted by Gasteiger charge is -2.35. The van der Waals surface area contributed by atoms with Gasteiger partial charge in [-0.15, -0.1) is 0 Å². The van der Waals surface area contributed by atoms with Crippen LogP contribution in [0.15, 0.2) is 57.5 Å². The Labute approximate surface area is 217 Å². The maximum atomic E-state index is 12.9. The van der Waals surface area contributed by atoms with Gasteiger partial charge in [-0.3, -0.25) is 0 Å². The zero-order chi connectivity index (χ0) is 24.7. The van der Waals surface area contributed by atoms with Crippen LogP contribution in [0.2, 0.25) is 0 Å². The van der Waals surface area contributed by atoms with Crippen LogP contribution in [0.5, 0.6) is 0 Å². The maximum Gasteiger partial charge on any atom is 0.338 e. The molecule has 1 aliphatic heterocycles. The van der Waals surface area contributed by atoms with Gasteiger partial charge in [-0.25, -0.2) is 9.59 Å². The van der Waals surface area contributed by atoms with E-state index in [1.807, 2.05) is 13.8 Å². The summed E-state index contributed by atoms with van der Waals surface area (Å²) < 4.78 is 25.0. The van der Waals surface area contributed by atoms with Gasteiger partial charge in [0, 0.05) is 14.9 Å². The lowest BCUT2D eigenvalue weighted by atomic mass is 9.86. The van der Waals surface area contributed by atoms with E-state index in [9.17, 15) is 9.59 Å². The minimum atomic E-state index is -0.636. The first-order valence-corrected chi connectivity index (χ1v) is 13.0. The van der Waals surface area contributed by atoms with Crippen molar-refractivity contribution in [1.82, 2.24) is 0 Å². The molecule has 0 unspecified atom stereocenters. The molecular formula is C26H30Br2O6. The van der Waals surface area contributed by atoms with Gasteiger partial charge >= 0.3 is 11.9 Å². The van der Waals surface area contributed by atoms with E-state index in [-0.39, 0.29) is 18.4 Å². The SMILES string of the molecule is CCC1([C@@H](C)C[C@@H](C)[C@@H](COC(=O)c2ccc(Br)cc2)OC(=O)c2ccc(Br)cc2)OCCO1. The summed E-state index contributed by atoms with van der Waals surface area (Å²) in [5, 5.41) is 0. The normalized spacial score (nSPS) is 17.6. The van der Waals surface area contributed by atoms with Crippen LogP contribution in [-0.2, 0) is 18.9 Å². The topological polar surface area (TPSA) is 71.1 Å². The fourth-order valence-corrected chi connectivity index (χ4v) is 4.66. The average molecular weight is 598 g/mol. The molecule has 0 bridgehead atoms. The summed E-state index contributed by atoms with van der Waals surface area (Å²) in [7, 11) is 0. The lowest BCUT2D eigenvalue weighted by Crippen LogP contribution is -2.40. The molecule has 0 aromatic heterocycles. The lowest BCUT2D eigenvalue weighted by molar-refractivity contribution is -0.198. The van der Waals surface area contributed by atoms with E-state index in [0.29, 0.717) is 30.8 Å². The van der Waals surface area contributed by atoms with Crippen LogP contribution in [0.3, 0.4) is 0 Å². The van der Waals surface area contributed by atoms with E-state index in [4.69, 9.17) is 18.9 Å². The van der Waals surface area contributed by atoms with Crippen LogP contribution in [0.25, 0.3) is 0 Å². The predicted molar refractivity (Wildman–Crippen MR) is 136 cm³/mol. The Bertz CT molecular complexity index is 954. The van der Waals surface area contributed by atoms with Gasteiger partial charge in [-0.05, 0) is 67.3 Å². The van der Waals surface area contributed by atoms with Crippen molar-refractivity contribution in [2.45, 2.75) is 45.5 Å². The van der Waals surface area contributed by atoms with Crippen LogP contribution in [0.4, 0.5) is 0 Å². The summed E-state index contributed by atoms with van der Waals surface area (Å²) >= 11 is 6.73. The van der Waals surface area contributed by atoms with Gasteiger partial charge in [0.25, 0.3) is 0 Å². The van der Waals surface area contributed by atoms with Crippen molar-refractivity contribution in [2.75, 3.05) is 19.8 Å². The molecule has 6 nitrogen and oxygen atoms in total. The van der Waals surface area contributed by atoms with Crippen LogP contribution < -0.4 is 0 Å². The summed E-state index contributed by atoms with van der Waals surface area (Å²) in [6.45, 7) is 7.19. The zero-order valence-electron chi connectivity index (χ0n) is 19.6. The Hall–Kier alpha value is -1.74. The van der Waals surface area contributed by atoms with Gasteiger partial charge in [0.1, 0.15) is 12.7 Å². The number of ether oxygens (including phenoxy) is 4. The second kappa shape index (κ2) is 12.3. The number of hydrogen-bond donors (Lipinski definition) is 0. The highest BCUT2D eigenvalue weighted by molar-refractivity contribution is 9.10. The molecule has 0 radical (unpaired) electrons. The average Bonchev–Trinajstić information content (AvgIpc) is 3.33. The second-order valence-electron chi connectivity index (χ2n) is 8.53. The number of carbonyl (C=O) groups excluding carboxylic acids is 2. The number of esters is 2. The fourth-order valence-electron chi connectivity index (χ4n) is 4.13. The highest BCUT2D eigenvalue weighted by Crippen LogP contribution is 2.36. The summed E-state index contributed by atoms with van der Waals surface area (Å²) in [6.07, 6.45) is 0.762. The van der Waals surface area contributed by atoms with Crippen LogP contribution >= 0.6 is 31.9 Å². The number of carbonyl (C=O) groups is 2. The van der Waals surface area contributed by atoms with E-state index in [1.165, 1.54) is 0 Å². The summed E-state index contributed by atoms with van der Waals surface area (Å²) in [5.41, 5.74) is 0.861. The third kappa shape index (κ3) is 6.90. The first kappa shape index (κ1) is 26.9. The van der Waals surface area contributed by atoms with Gasteiger partial charge in [0.2, 0.25) is 0 Å². The second-order valence-corrected chi connectivity index (χ2v) is 10.4. The Balaban J connectivity index is 1.71. The van der Waals surface area contributed by atoms with Gasteiger partial charge in [0.15, 0.2) is 5.79 Å². The highest BCUT2D eigenvalue weighted by atomic mass is 79.9. The quantitative estimate of drug-likeness (QED) is 0.295. The first-order valence-electron chi connectivity index (χ1n) is 11.4. The van der Waals surface area contributed by atoms with Crippen LogP contribution in [-0.4, -0.2) is 43.7 Å². The summed E-state index contributed by atoms with van der Waals surface area (Å²) in [5.74, 6) is -1.61. The first-order chi connectivity index (χ1) is 16.2. The molecule has 3 atom stereocenters. The van der Waals surface area contributed by atoms with E-state index in [2.05, 4.69) is 38.8 Å². The van der Waals surface area contributed by atoms with Crippen molar-refractivity contribution in [3.8, 4) is 0 Å². The Morgan fingerprint density at radius 2 is 1.41 bits per heavy atom. The molecular weight excluding hydrogens is 568 g/mol. The monoisotopic (exact) mass is 596 g/mol. The van der Waals surface area contributed by atoms with Crippen molar-refractivity contribution < 1.29 is 28.5 Å². The fraction of sp³-hybridized carbons (Fsp3) is 0.462. The van der Waals surface area contributed by atoms with E-state index in [0.717, 1.165) is 15.4 Å². The Kier molecular flexibility index (Phi) is 9.71. The molecule has 184 valence electrons.